The maximum Gasteiger partial charge on any atom is 0.255 e. The summed E-state index contributed by atoms with van der Waals surface area (Å²) >= 11 is 6.10. The van der Waals surface area contributed by atoms with Crippen molar-refractivity contribution in [3.05, 3.63) is 64.7 Å². The third-order valence-corrected chi connectivity index (χ3v) is 5.42. The summed E-state index contributed by atoms with van der Waals surface area (Å²) in [7, 11) is 3.88. The van der Waals surface area contributed by atoms with E-state index in [9.17, 15) is 9.59 Å². The third-order valence-electron chi connectivity index (χ3n) is 5.09. The van der Waals surface area contributed by atoms with Crippen LogP contribution in [0.5, 0.6) is 0 Å². The van der Waals surface area contributed by atoms with Crippen molar-refractivity contribution in [1.82, 2.24) is 10.2 Å². The number of hydrogen-bond acceptors (Lipinski definition) is 3. The molecule has 0 saturated carbocycles. The number of benzene rings is 2. The Morgan fingerprint density at radius 2 is 1.79 bits per heavy atom. The number of piperidine rings is 1. The Hall–Kier alpha value is -2.53. The number of nitrogens with one attached hydrogen (secondary N) is 1. The van der Waals surface area contributed by atoms with Crippen molar-refractivity contribution in [3.63, 3.8) is 0 Å². The van der Waals surface area contributed by atoms with Gasteiger partial charge in [0.2, 0.25) is 0 Å². The van der Waals surface area contributed by atoms with E-state index in [2.05, 4.69) is 5.32 Å². The van der Waals surface area contributed by atoms with E-state index in [1.54, 1.807) is 24.3 Å². The van der Waals surface area contributed by atoms with E-state index in [1.807, 2.05) is 48.2 Å². The fourth-order valence-corrected chi connectivity index (χ4v) is 3.83. The van der Waals surface area contributed by atoms with Crippen LogP contribution in [-0.2, 0) is 0 Å². The molecule has 0 bridgehead atoms. The van der Waals surface area contributed by atoms with Crippen LogP contribution in [0.3, 0.4) is 0 Å². The van der Waals surface area contributed by atoms with E-state index < -0.39 is 0 Å². The summed E-state index contributed by atoms with van der Waals surface area (Å²) in [5.41, 5.74) is 2.11. The lowest BCUT2D eigenvalue weighted by Gasteiger charge is -2.33. The zero-order valence-corrected chi connectivity index (χ0v) is 17.1. The van der Waals surface area contributed by atoms with E-state index >= 15 is 0 Å². The van der Waals surface area contributed by atoms with Gasteiger partial charge in [-0.2, -0.15) is 0 Å². The second-order valence-electron chi connectivity index (χ2n) is 7.36. The second-order valence-corrected chi connectivity index (χ2v) is 7.77. The van der Waals surface area contributed by atoms with Crippen molar-refractivity contribution in [2.45, 2.75) is 12.8 Å². The monoisotopic (exact) mass is 399 g/mol. The molecule has 0 aromatic heterocycles. The molecule has 1 fully saturated rings. The van der Waals surface area contributed by atoms with Crippen LogP contribution in [0.25, 0.3) is 0 Å². The average Bonchev–Trinajstić information content (AvgIpc) is 2.72. The van der Waals surface area contributed by atoms with Crippen LogP contribution in [-0.4, -0.2) is 50.4 Å². The zero-order chi connectivity index (χ0) is 20.1. The van der Waals surface area contributed by atoms with E-state index in [1.165, 1.54) is 0 Å². The van der Waals surface area contributed by atoms with Gasteiger partial charge < -0.3 is 15.1 Å². The molecule has 2 aromatic rings. The van der Waals surface area contributed by atoms with Crippen LogP contribution in [0.1, 0.15) is 33.6 Å². The minimum Gasteiger partial charge on any atom is -0.377 e. The number of halogens is 1. The van der Waals surface area contributed by atoms with Crippen LogP contribution in [0.2, 0.25) is 5.02 Å². The number of anilines is 1. The molecule has 3 rings (SSSR count). The summed E-state index contributed by atoms with van der Waals surface area (Å²) in [6.07, 6.45) is 1.92. The van der Waals surface area contributed by atoms with Gasteiger partial charge in [-0.3, -0.25) is 9.59 Å². The molecule has 1 aliphatic rings. The molecule has 6 heteroatoms. The molecule has 0 spiro atoms. The lowest BCUT2D eigenvalue weighted by molar-refractivity contribution is 0.0671. The molecule has 0 radical (unpaired) electrons. The summed E-state index contributed by atoms with van der Waals surface area (Å²) in [6.45, 7) is 1.92. The molecule has 5 nitrogen and oxygen atoms in total. The van der Waals surface area contributed by atoms with Gasteiger partial charge in [0.05, 0.1) is 16.1 Å². The van der Waals surface area contributed by atoms with Crippen molar-refractivity contribution in [2.75, 3.05) is 38.6 Å². The predicted molar refractivity (Wildman–Crippen MR) is 113 cm³/mol. The van der Waals surface area contributed by atoms with Gasteiger partial charge in [0.25, 0.3) is 11.8 Å². The first-order valence-electron chi connectivity index (χ1n) is 9.55. The number of rotatable bonds is 5. The molecular weight excluding hydrogens is 374 g/mol. The van der Waals surface area contributed by atoms with E-state index in [4.69, 9.17) is 11.6 Å². The maximum atomic E-state index is 13.1. The van der Waals surface area contributed by atoms with Gasteiger partial charge in [-0.05, 0) is 43.0 Å². The molecular formula is C22H26ClN3O2. The van der Waals surface area contributed by atoms with Gasteiger partial charge >= 0.3 is 0 Å². The highest BCUT2D eigenvalue weighted by Crippen LogP contribution is 2.24. The quantitative estimate of drug-likeness (QED) is 0.834. The normalized spacial score (nSPS) is 16.5. The Kier molecular flexibility index (Phi) is 6.57. The van der Waals surface area contributed by atoms with E-state index in [-0.39, 0.29) is 17.7 Å². The highest BCUT2D eigenvalue weighted by atomic mass is 35.5. The van der Waals surface area contributed by atoms with Gasteiger partial charge in [-0.15, -0.1) is 0 Å². The summed E-state index contributed by atoms with van der Waals surface area (Å²) in [5.74, 6) is 0.106. The fourth-order valence-electron chi connectivity index (χ4n) is 3.61. The Morgan fingerprint density at radius 3 is 2.50 bits per heavy atom. The maximum absolute atomic E-state index is 13.1. The van der Waals surface area contributed by atoms with Crippen LogP contribution in [0.4, 0.5) is 5.69 Å². The Labute approximate surface area is 171 Å². The molecule has 1 N–H and O–H groups in total. The van der Waals surface area contributed by atoms with Gasteiger partial charge in [0.15, 0.2) is 0 Å². The number of nitrogens with zero attached hydrogens (tertiary/aromatic N) is 2. The smallest absolute Gasteiger partial charge is 0.255 e. The second kappa shape index (κ2) is 9.11. The number of hydrogen-bond donors (Lipinski definition) is 1. The zero-order valence-electron chi connectivity index (χ0n) is 16.3. The Balaban J connectivity index is 1.62. The van der Waals surface area contributed by atoms with E-state index in [0.717, 1.165) is 25.1 Å². The molecule has 1 saturated heterocycles. The van der Waals surface area contributed by atoms with Crippen molar-refractivity contribution < 1.29 is 9.59 Å². The van der Waals surface area contributed by atoms with Crippen molar-refractivity contribution in [3.8, 4) is 0 Å². The summed E-state index contributed by atoms with van der Waals surface area (Å²) in [6, 6.07) is 14.7. The highest BCUT2D eigenvalue weighted by molar-refractivity contribution is 6.33. The van der Waals surface area contributed by atoms with Crippen LogP contribution in [0, 0.1) is 5.92 Å². The summed E-state index contributed by atoms with van der Waals surface area (Å²) in [5, 5.41) is 3.41. The van der Waals surface area contributed by atoms with Gasteiger partial charge in [-0.25, -0.2) is 0 Å². The van der Waals surface area contributed by atoms with Gasteiger partial charge in [-0.1, -0.05) is 35.9 Å². The number of likely N-dealkylation sites (tertiary alicyclic amines) is 1. The Morgan fingerprint density at radius 1 is 1.11 bits per heavy atom. The molecule has 2 amide bonds. The van der Waals surface area contributed by atoms with E-state index in [0.29, 0.717) is 29.2 Å². The average molecular weight is 400 g/mol. The first kappa shape index (κ1) is 20.2. The van der Waals surface area contributed by atoms with Crippen LogP contribution in [0.15, 0.2) is 48.5 Å². The number of carbonyl (C=O) groups is 2. The lowest BCUT2D eigenvalue weighted by atomic mass is 9.97. The highest BCUT2D eigenvalue weighted by Gasteiger charge is 2.26. The molecule has 28 heavy (non-hydrogen) atoms. The number of para-hydroxylation sites is 1. The fraction of sp³-hybridized carbons (Fsp3) is 0.364. The first-order valence-corrected chi connectivity index (χ1v) is 9.93. The number of amides is 2. The molecule has 148 valence electrons. The molecule has 1 aliphatic heterocycles. The number of carbonyl (C=O) groups excluding carboxylic acids is 2. The predicted octanol–water partition coefficient (Wildman–Crippen LogP) is 3.69. The van der Waals surface area contributed by atoms with Crippen LogP contribution < -0.4 is 10.2 Å². The van der Waals surface area contributed by atoms with Crippen molar-refractivity contribution in [1.29, 1.82) is 0 Å². The first-order chi connectivity index (χ1) is 13.5. The molecule has 0 aliphatic carbocycles. The summed E-state index contributed by atoms with van der Waals surface area (Å²) in [4.78, 5) is 29.3. The topological polar surface area (TPSA) is 52.7 Å². The minimum atomic E-state index is -0.174. The molecule has 1 unspecified atom stereocenters. The van der Waals surface area contributed by atoms with Crippen molar-refractivity contribution >= 4 is 29.1 Å². The minimum absolute atomic E-state index is 0.0476. The third kappa shape index (κ3) is 4.65. The van der Waals surface area contributed by atoms with Crippen molar-refractivity contribution in [2.24, 2.45) is 5.92 Å². The molecule has 1 atom stereocenters. The standard InChI is InChI=1S/C22H26ClN3O2/c1-25(2)20-12-6-4-10-18(20)22(28)26-13-7-8-16(15-26)14-24-21(27)17-9-3-5-11-19(17)23/h3-6,9-12,16H,7-8,13-15H2,1-2H3,(H,24,27). The summed E-state index contributed by atoms with van der Waals surface area (Å²) < 4.78 is 0. The molecule has 2 aromatic carbocycles. The van der Waals surface area contributed by atoms with Gasteiger partial charge in [0, 0.05) is 39.4 Å². The Bertz CT molecular complexity index is 853. The van der Waals surface area contributed by atoms with Gasteiger partial charge in [0.1, 0.15) is 0 Å². The largest absolute Gasteiger partial charge is 0.377 e. The SMILES string of the molecule is CN(C)c1ccccc1C(=O)N1CCCC(CNC(=O)c2ccccc2Cl)C1. The lowest BCUT2D eigenvalue weighted by Crippen LogP contribution is -2.44. The molecule has 1 heterocycles. The van der Waals surface area contributed by atoms with Crippen LogP contribution >= 0.6 is 11.6 Å².